The molecule has 1 aliphatic heterocycles. The third-order valence-electron chi connectivity index (χ3n) is 3.64. The summed E-state index contributed by atoms with van der Waals surface area (Å²) < 4.78 is 14.1. The van der Waals surface area contributed by atoms with E-state index in [1.54, 1.807) is 6.07 Å². The van der Waals surface area contributed by atoms with E-state index in [2.05, 4.69) is 16.7 Å². The first-order valence-electron chi connectivity index (χ1n) is 6.64. The van der Waals surface area contributed by atoms with E-state index < -0.39 is 0 Å². The molecule has 1 aromatic rings. The van der Waals surface area contributed by atoms with Crippen LogP contribution in [0, 0.1) is 5.82 Å². The van der Waals surface area contributed by atoms with Crippen LogP contribution in [-0.4, -0.2) is 37.6 Å². The Labute approximate surface area is 108 Å². The fraction of sp³-hybridized carbons (Fsp3) is 0.571. The summed E-state index contributed by atoms with van der Waals surface area (Å²) in [7, 11) is 0. The molecule has 1 atom stereocenters. The quantitative estimate of drug-likeness (QED) is 0.891. The molecule has 4 heteroatoms. The molecule has 1 aliphatic rings. The SMILES string of the molecule is CCN1CCN(c2c(F)cccc2C(C)N)CC1. The minimum absolute atomic E-state index is 0.139. The highest BCUT2D eigenvalue weighted by Gasteiger charge is 2.22. The van der Waals surface area contributed by atoms with Crippen LogP contribution in [0.4, 0.5) is 10.1 Å². The lowest BCUT2D eigenvalue weighted by Gasteiger charge is -2.37. The molecule has 100 valence electrons. The van der Waals surface area contributed by atoms with Gasteiger partial charge in [0.1, 0.15) is 5.82 Å². The second kappa shape index (κ2) is 5.67. The topological polar surface area (TPSA) is 32.5 Å². The van der Waals surface area contributed by atoms with Crippen LogP contribution in [0.2, 0.25) is 0 Å². The van der Waals surface area contributed by atoms with Crippen molar-refractivity contribution in [1.29, 1.82) is 0 Å². The monoisotopic (exact) mass is 251 g/mol. The standard InChI is InChI=1S/C14H22FN3/c1-3-17-7-9-18(10-8-17)14-12(11(2)16)5-4-6-13(14)15/h4-6,11H,3,7-10,16H2,1-2H3. The predicted octanol–water partition coefficient (Wildman–Crippen LogP) is 1.99. The van der Waals surface area contributed by atoms with Gasteiger partial charge in [0.2, 0.25) is 0 Å². The summed E-state index contributed by atoms with van der Waals surface area (Å²) in [6, 6.07) is 5.04. The molecule has 0 aromatic heterocycles. The van der Waals surface area contributed by atoms with Gasteiger partial charge < -0.3 is 15.5 Å². The van der Waals surface area contributed by atoms with E-state index in [0.29, 0.717) is 5.69 Å². The largest absolute Gasteiger partial charge is 0.366 e. The minimum Gasteiger partial charge on any atom is -0.366 e. The van der Waals surface area contributed by atoms with Gasteiger partial charge in [-0.1, -0.05) is 19.1 Å². The summed E-state index contributed by atoms with van der Waals surface area (Å²) in [5.74, 6) is -0.158. The second-order valence-electron chi connectivity index (χ2n) is 4.89. The van der Waals surface area contributed by atoms with Gasteiger partial charge in [-0.15, -0.1) is 0 Å². The molecule has 2 N–H and O–H groups in total. The van der Waals surface area contributed by atoms with Crippen LogP contribution in [0.1, 0.15) is 25.5 Å². The third kappa shape index (κ3) is 2.65. The van der Waals surface area contributed by atoms with E-state index in [4.69, 9.17) is 5.73 Å². The van der Waals surface area contributed by atoms with Crippen molar-refractivity contribution in [3.8, 4) is 0 Å². The molecule has 18 heavy (non-hydrogen) atoms. The van der Waals surface area contributed by atoms with Gasteiger partial charge in [-0.3, -0.25) is 0 Å². The smallest absolute Gasteiger partial charge is 0.146 e. The molecule has 2 rings (SSSR count). The van der Waals surface area contributed by atoms with Gasteiger partial charge >= 0.3 is 0 Å². The van der Waals surface area contributed by atoms with Crippen molar-refractivity contribution >= 4 is 5.69 Å². The number of nitrogens with two attached hydrogens (primary N) is 1. The summed E-state index contributed by atoms with van der Waals surface area (Å²) in [4.78, 5) is 4.50. The number of benzene rings is 1. The van der Waals surface area contributed by atoms with E-state index in [1.807, 2.05) is 13.0 Å². The molecule has 0 radical (unpaired) electrons. The van der Waals surface area contributed by atoms with Gasteiger partial charge in [-0.2, -0.15) is 0 Å². The zero-order valence-electron chi connectivity index (χ0n) is 11.2. The molecule has 1 fully saturated rings. The molecule has 0 saturated carbocycles. The number of nitrogens with zero attached hydrogens (tertiary/aromatic N) is 2. The Balaban J connectivity index is 2.23. The highest BCUT2D eigenvalue weighted by atomic mass is 19.1. The molecule has 0 bridgehead atoms. The molecular weight excluding hydrogens is 229 g/mol. The lowest BCUT2D eigenvalue weighted by molar-refractivity contribution is 0.270. The molecule has 0 aliphatic carbocycles. The van der Waals surface area contributed by atoms with E-state index >= 15 is 0 Å². The number of hydrogen-bond acceptors (Lipinski definition) is 3. The van der Waals surface area contributed by atoms with Crippen molar-refractivity contribution in [2.75, 3.05) is 37.6 Å². The summed E-state index contributed by atoms with van der Waals surface area (Å²) in [5.41, 5.74) is 7.54. The maximum Gasteiger partial charge on any atom is 0.146 e. The number of para-hydroxylation sites is 1. The van der Waals surface area contributed by atoms with Gasteiger partial charge in [0.05, 0.1) is 5.69 Å². The Morgan fingerprint density at radius 2 is 1.94 bits per heavy atom. The average Bonchev–Trinajstić information content (AvgIpc) is 2.38. The Morgan fingerprint density at radius 3 is 2.50 bits per heavy atom. The zero-order valence-corrected chi connectivity index (χ0v) is 11.2. The van der Waals surface area contributed by atoms with Gasteiger partial charge in [-0.05, 0) is 25.1 Å². The first-order chi connectivity index (χ1) is 8.63. The molecule has 1 unspecified atom stereocenters. The Kier molecular flexibility index (Phi) is 4.19. The molecule has 1 aromatic carbocycles. The highest BCUT2D eigenvalue weighted by molar-refractivity contribution is 5.56. The first kappa shape index (κ1) is 13.3. The number of hydrogen-bond donors (Lipinski definition) is 1. The van der Waals surface area contributed by atoms with Gasteiger partial charge in [0.25, 0.3) is 0 Å². The van der Waals surface area contributed by atoms with E-state index in [1.165, 1.54) is 6.07 Å². The third-order valence-corrected chi connectivity index (χ3v) is 3.64. The van der Waals surface area contributed by atoms with Gasteiger partial charge in [-0.25, -0.2) is 4.39 Å². The fourth-order valence-electron chi connectivity index (χ4n) is 2.52. The van der Waals surface area contributed by atoms with Crippen LogP contribution in [-0.2, 0) is 0 Å². The van der Waals surface area contributed by atoms with Crippen LogP contribution < -0.4 is 10.6 Å². The Morgan fingerprint density at radius 1 is 1.28 bits per heavy atom. The molecule has 1 heterocycles. The Hall–Kier alpha value is -1.13. The molecule has 3 nitrogen and oxygen atoms in total. The number of likely N-dealkylation sites (N-methyl/N-ethyl adjacent to an activating group) is 1. The predicted molar refractivity (Wildman–Crippen MR) is 73.3 cm³/mol. The zero-order chi connectivity index (χ0) is 13.1. The van der Waals surface area contributed by atoms with Crippen molar-refractivity contribution < 1.29 is 4.39 Å². The van der Waals surface area contributed by atoms with Crippen LogP contribution >= 0.6 is 0 Å². The molecule has 0 spiro atoms. The van der Waals surface area contributed by atoms with Crippen molar-refractivity contribution in [3.05, 3.63) is 29.6 Å². The van der Waals surface area contributed by atoms with Crippen LogP contribution in [0.15, 0.2) is 18.2 Å². The summed E-state index contributed by atoms with van der Waals surface area (Å²) >= 11 is 0. The average molecular weight is 251 g/mol. The maximum absolute atomic E-state index is 14.1. The van der Waals surface area contributed by atoms with Crippen LogP contribution in [0.25, 0.3) is 0 Å². The second-order valence-corrected chi connectivity index (χ2v) is 4.89. The number of halogens is 1. The van der Waals surface area contributed by atoms with E-state index in [0.717, 1.165) is 38.3 Å². The Bertz CT molecular complexity index is 398. The van der Waals surface area contributed by atoms with E-state index in [-0.39, 0.29) is 11.9 Å². The van der Waals surface area contributed by atoms with Crippen LogP contribution in [0.5, 0.6) is 0 Å². The fourth-order valence-corrected chi connectivity index (χ4v) is 2.52. The van der Waals surface area contributed by atoms with Crippen molar-refractivity contribution in [2.24, 2.45) is 5.73 Å². The number of rotatable bonds is 3. The van der Waals surface area contributed by atoms with Gasteiger partial charge in [0, 0.05) is 32.2 Å². The van der Waals surface area contributed by atoms with Crippen LogP contribution in [0.3, 0.4) is 0 Å². The molecular formula is C14H22FN3. The minimum atomic E-state index is -0.158. The maximum atomic E-state index is 14.1. The van der Waals surface area contributed by atoms with Crippen molar-refractivity contribution in [1.82, 2.24) is 4.90 Å². The normalized spacial score (nSPS) is 19.0. The lowest BCUT2D eigenvalue weighted by Crippen LogP contribution is -2.46. The summed E-state index contributed by atoms with van der Waals surface area (Å²) in [6.45, 7) is 8.84. The molecule has 0 amide bonds. The first-order valence-corrected chi connectivity index (χ1v) is 6.64. The van der Waals surface area contributed by atoms with E-state index in [9.17, 15) is 4.39 Å². The highest BCUT2D eigenvalue weighted by Crippen LogP contribution is 2.29. The summed E-state index contributed by atoms with van der Waals surface area (Å²) in [5, 5.41) is 0. The lowest BCUT2D eigenvalue weighted by atomic mass is 10.0. The van der Waals surface area contributed by atoms with Crippen molar-refractivity contribution in [3.63, 3.8) is 0 Å². The van der Waals surface area contributed by atoms with Gasteiger partial charge in [0.15, 0.2) is 0 Å². The van der Waals surface area contributed by atoms with Crippen molar-refractivity contribution in [2.45, 2.75) is 19.9 Å². The summed E-state index contributed by atoms with van der Waals surface area (Å²) in [6.07, 6.45) is 0. The molecule has 1 saturated heterocycles. The number of piperazine rings is 1. The number of anilines is 1.